The SMILES string of the molecule is COCc1cc2cc(Cl)cc(C(C)C)c2o1. The molecule has 0 N–H and O–H groups in total. The van der Waals surface area contributed by atoms with E-state index in [-0.39, 0.29) is 0 Å². The number of furan rings is 1. The zero-order chi connectivity index (χ0) is 11.7. The fourth-order valence-corrected chi connectivity index (χ4v) is 2.07. The molecule has 0 bridgehead atoms. The molecule has 1 aromatic carbocycles. The number of rotatable bonds is 3. The van der Waals surface area contributed by atoms with Crippen molar-refractivity contribution in [3.8, 4) is 0 Å². The highest BCUT2D eigenvalue weighted by Gasteiger charge is 2.12. The third-order valence-electron chi connectivity index (χ3n) is 2.57. The molecule has 0 aliphatic rings. The Bertz CT molecular complexity index is 500. The van der Waals surface area contributed by atoms with Crippen LogP contribution in [0.4, 0.5) is 0 Å². The van der Waals surface area contributed by atoms with E-state index >= 15 is 0 Å². The standard InChI is InChI=1S/C13H15ClO2/c1-8(2)12-6-10(14)4-9-5-11(7-15-3)16-13(9)12/h4-6,8H,7H2,1-3H3. The first-order valence-electron chi connectivity index (χ1n) is 5.32. The lowest BCUT2D eigenvalue weighted by Crippen LogP contribution is -1.87. The highest BCUT2D eigenvalue weighted by atomic mass is 35.5. The number of fused-ring (bicyclic) bond motifs is 1. The second-order valence-corrected chi connectivity index (χ2v) is 4.65. The third kappa shape index (κ3) is 2.08. The highest BCUT2D eigenvalue weighted by Crippen LogP contribution is 2.31. The monoisotopic (exact) mass is 238 g/mol. The maximum Gasteiger partial charge on any atom is 0.137 e. The molecule has 0 amide bonds. The van der Waals surface area contributed by atoms with Crippen LogP contribution in [0.25, 0.3) is 11.0 Å². The van der Waals surface area contributed by atoms with Crippen LogP contribution in [-0.4, -0.2) is 7.11 Å². The number of hydrogen-bond acceptors (Lipinski definition) is 2. The van der Waals surface area contributed by atoms with E-state index < -0.39 is 0 Å². The number of benzene rings is 1. The fourth-order valence-electron chi connectivity index (χ4n) is 1.84. The Kier molecular flexibility index (Phi) is 3.22. The first-order chi connectivity index (χ1) is 7.61. The molecule has 2 aromatic rings. The molecule has 2 nitrogen and oxygen atoms in total. The highest BCUT2D eigenvalue weighted by molar-refractivity contribution is 6.31. The molecule has 0 unspecified atom stereocenters. The Hall–Kier alpha value is -0.990. The Balaban J connectivity index is 2.60. The predicted octanol–water partition coefficient (Wildman–Crippen LogP) is 4.36. The molecule has 0 saturated carbocycles. The van der Waals surface area contributed by atoms with Crippen molar-refractivity contribution in [1.29, 1.82) is 0 Å². The molecule has 0 radical (unpaired) electrons. The maximum atomic E-state index is 6.08. The van der Waals surface area contributed by atoms with Crippen LogP contribution in [0.3, 0.4) is 0 Å². The molecule has 0 atom stereocenters. The summed E-state index contributed by atoms with van der Waals surface area (Å²) < 4.78 is 10.8. The van der Waals surface area contributed by atoms with Gasteiger partial charge in [-0.3, -0.25) is 0 Å². The van der Waals surface area contributed by atoms with E-state index in [1.54, 1.807) is 7.11 Å². The zero-order valence-electron chi connectivity index (χ0n) is 9.71. The topological polar surface area (TPSA) is 22.4 Å². The average Bonchev–Trinajstić information content (AvgIpc) is 2.59. The summed E-state index contributed by atoms with van der Waals surface area (Å²) in [6.45, 7) is 4.75. The maximum absolute atomic E-state index is 6.08. The first-order valence-corrected chi connectivity index (χ1v) is 5.70. The quantitative estimate of drug-likeness (QED) is 0.793. The van der Waals surface area contributed by atoms with E-state index in [0.29, 0.717) is 12.5 Å². The molecule has 86 valence electrons. The summed E-state index contributed by atoms with van der Waals surface area (Å²) in [6, 6.07) is 5.87. The third-order valence-corrected chi connectivity index (χ3v) is 2.79. The van der Waals surface area contributed by atoms with Crippen LogP contribution in [0, 0.1) is 0 Å². The van der Waals surface area contributed by atoms with Gasteiger partial charge in [-0.2, -0.15) is 0 Å². The van der Waals surface area contributed by atoms with Gasteiger partial charge in [0.1, 0.15) is 18.0 Å². The van der Waals surface area contributed by atoms with Gasteiger partial charge in [0, 0.05) is 17.5 Å². The number of ether oxygens (including phenoxy) is 1. The molecule has 16 heavy (non-hydrogen) atoms. The molecule has 2 rings (SSSR count). The van der Waals surface area contributed by atoms with Gasteiger partial charge in [-0.25, -0.2) is 0 Å². The minimum absolute atomic E-state index is 0.391. The van der Waals surface area contributed by atoms with Crippen LogP contribution in [0.2, 0.25) is 5.02 Å². The second-order valence-electron chi connectivity index (χ2n) is 4.21. The number of hydrogen-bond donors (Lipinski definition) is 0. The molecule has 0 spiro atoms. The Labute approximate surface area is 100 Å². The lowest BCUT2D eigenvalue weighted by atomic mass is 10.0. The Morgan fingerprint density at radius 1 is 1.31 bits per heavy atom. The first kappa shape index (κ1) is 11.5. The number of methoxy groups -OCH3 is 1. The smallest absolute Gasteiger partial charge is 0.137 e. The molecule has 0 fully saturated rings. The summed E-state index contributed by atoms with van der Waals surface area (Å²) in [5.74, 6) is 1.23. The fraction of sp³-hybridized carbons (Fsp3) is 0.385. The van der Waals surface area contributed by atoms with E-state index in [1.165, 1.54) is 0 Å². The molecule has 1 aromatic heterocycles. The van der Waals surface area contributed by atoms with Crippen molar-refractivity contribution in [2.24, 2.45) is 0 Å². The van der Waals surface area contributed by atoms with E-state index in [2.05, 4.69) is 13.8 Å². The molecule has 0 aliphatic heterocycles. The van der Waals surface area contributed by atoms with Crippen molar-refractivity contribution >= 4 is 22.6 Å². The van der Waals surface area contributed by atoms with Gasteiger partial charge >= 0.3 is 0 Å². The molecule has 0 aliphatic carbocycles. The average molecular weight is 239 g/mol. The van der Waals surface area contributed by atoms with Crippen LogP contribution in [-0.2, 0) is 11.3 Å². The summed E-state index contributed by atoms with van der Waals surface area (Å²) in [6.07, 6.45) is 0. The summed E-state index contributed by atoms with van der Waals surface area (Å²) in [7, 11) is 1.66. The van der Waals surface area contributed by atoms with Crippen molar-refractivity contribution in [1.82, 2.24) is 0 Å². The van der Waals surface area contributed by atoms with Gasteiger partial charge in [0.15, 0.2) is 0 Å². The molecule has 1 heterocycles. The van der Waals surface area contributed by atoms with Crippen molar-refractivity contribution in [3.63, 3.8) is 0 Å². The van der Waals surface area contributed by atoms with Crippen molar-refractivity contribution < 1.29 is 9.15 Å². The van der Waals surface area contributed by atoms with Gasteiger partial charge in [0.05, 0.1) is 0 Å². The van der Waals surface area contributed by atoms with Gasteiger partial charge in [-0.1, -0.05) is 25.4 Å². The molecular weight excluding hydrogens is 224 g/mol. The van der Waals surface area contributed by atoms with Crippen LogP contribution in [0.5, 0.6) is 0 Å². The predicted molar refractivity (Wildman–Crippen MR) is 66.0 cm³/mol. The van der Waals surface area contributed by atoms with Gasteiger partial charge in [-0.15, -0.1) is 0 Å². The molecule has 0 saturated heterocycles. The van der Waals surface area contributed by atoms with Gasteiger partial charge in [0.2, 0.25) is 0 Å². The lowest BCUT2D eigenvalue weighted by Gasteiger charge is -2.06. The van der Waals surface area contributed by atoms with Crippen LogP contribution in [0.15, 0.2) is 22.6 Å². The summed E-state index contributed by atoms with van der Waals surface area (Å²) >= 11 is 6.08. The minimum atomic E-state index is 0.391. The van der Waals surface area contributed by atoms with Crippen LogP contribution in [0.1, 0.15) is 31.1 Å². The second kappa shape index (κ2) is 4.48. The Morgan fingerprint density at radius 3 is 2.69 bits per heavy atom. The molecule has 3 heteroatoms. The van der Waals surface area contributed by atoms with Gasteiger partial charge in [0.25, 0.3) is 0 Å². The van der Waals surface area contributed by atoms with Gasteiger partial charge in [-0.05, 0) is 29.7 Å². The molecular formula is C13H15ClO2. The summed E-state index contributed by atoms with van der Waals surface area (Å²) in [5, 5.41) is 1.80. The normalized spacial score (nSPS) is 11.6. The minimum Gasteiger partial charge on any atom is -0.458 e. The van der Waals surface area contributed by atoms with E-state index in [0.717, 1.165) is 27.3 Å². The van der Waals surface area contributed by atoms with Crippen molar-refractivity contribution in [2.75, 3.05) is 7.11 Å². The summed E-state index contributed by atoms with van der Waals surface area (Å²) in [4.78, 5) is 0. The largest absolute Gasteiger partial charge is 0.458 e. The zero-order valence-corrected chi connectivity index (χ0v) is 10.5. The van der Waals surface area contributed by atoms with E-state index in [9.17, 15) is 0 Å². The summed E-state index contributed by atoms with van der Waals surface area (Å²) in [5.41, 5.74) is 2.07. The van der Waals surface area contributed by atoms with Crippen LogP contribution >= 0.6 is 11.6 Å². The number of halogens is 1. The lowest BCUT2D eigenvalue weighted by molar-refractivity contribution is 0.166. The van der Waals surface area contributed by atoms with E-state index in [4.69, 9.17) is 20.8 Å². The van der Waals surface area contributed by atoms with Crippen molar-refractivity contribution in [3.05, 3.63) is 34.5 Å². The Morgan fingerprint density at radius 2 is 2.06 bits per heavy atom. The van der Waals surface area contributed by atoms with E-state index in [1.807, 2.05) is 18.2 Å². The van der Waals surface area contributed by atoms with Crippen molar-refractivity contribution in [2.45, 2.75) is 26.4 Å². The van der Waals surface area contributed by atoms with Crippen LogP contribution < -0.4 is 0 Å². The van der Waals surface area contributed by atoms with Gasteiger partial charge < -0.3 is 9.15 Å².